The molecule has 0 aliphatic carbocycles. The fraction of sp³-hybridized carbons (Fsp3) is 0.250. The zero-order valence-electron chi connectivity index (χ0n) is 13.4. The highest BCUT2D eigenvalue weighted by atomic mass is 19.4. The maximum Gasteiger partial charge on any atom is 0.449 e. The van der Waals surface area contributed by atoms with Crippen LogP contribution in [0.15, 0.2) is 36.8 Å². The lowest BCUT2D eigenvalue weighted by atomic mass is 10.1. The van der Waals surface area contributed by atoms with Crippen LogP contribution in [0.3, 0.4) is 0 Å². The van der Waals surface area contributed by atoms with E-state index in [2.05, 4.69) is 19.9 Å². The Morgan fingerprint density at radius 1 is 1.28 bits per heavy atom. The van der Waals surface area contributed by atoms with E-state index in [1.54, 1.807) is 26.2 Å². The van der Waals surface area contributed by atoms with E-state index in [-0.39, 0.29) is 28.5 Å². The van der Waals surface area contributed by atoms with Crippen LogP contribution < -0.4 is 0 Å². The van der Waals surface area contributed by atoms with E-state index in [1.165, 1.54) is 29.4 Å². The van der Waals surface area contributed by atoms with Crippen molar-refractivity contribution in [3.8, 4) is 0 Å². The van der Waals surface area contributed by atoms with Gasteiger partial charge in [-0.25, -0.2) is 15.0 Å². The SMILES string of the molecule is C[C@@H](c1ccncn1)N(C)C(=O)c1ccc2nc(C(F)(F)F)[nH]c2c1. The molecule has 6 nitrogen and oxygen atoms in total. The van der Waals surface area contributed by atoms with Gasteiger partial charge in [0.05, 0.1) is 22.8 Å². The monoisotopic (exact) mass is 349 g/mol. The van der Waals surface area contributed by atoms with E-state index in [0.717, 1.165) is 0 Å². The van der Waals surface area contributed by atoms with Crippen LogP contribution in [0.2, 0.25) is 0 Å². The smallest absolute Gasteiger partial charge is 0.334 e. The standard InChI is InChI=1S/C16H14F3N5O/c1-9(11-5-6-20-8-21-11)24(2)14(25)10-3-4-12-13(7-10)23-15(22-12)16(17,18)19/h3-9H,1-2H3,(H,22,23)/t9-/m0/s1. The number of fused-ring (bicyclic) bond motifs is 1. The number of benzene rings is 1. The fourth-order valence-corrected chi connectivity index (χ4v) is 2.40. The molecule has 3 rings (SSSR count). The maximum atomic E-state index is 12.7. The second-order valence-electron chi connectivity index (χ2n) is 5.54. The molecule has 0 aliphatic heterocycles. The van der Waals surface area contributed by atoms with E-state index in [4.69, 9.17) is 0 Å². The second-order valence-corrected chi connectivity index (χ2v) is 5.54. The molecule has 1 atom stereocenters. The Morgan fingerprint density at radius 3 is 2.68 bits per heavy atom. The molecule has 0 spiro atoms. The number of hydrogen-bond acceptors (Lipinski definition) is 4. The lowest BCUT2D eigenvalue weighted by Crippen LogP contribution is -2.30. The molecule has 25 heavy (non-hydrogen) atoms. The highest BCUT2D eigenvalue weighted by molar-refractivity contribution is 5.97. The van der Waals surface area contributed by atoms with Gasteiger partial charge < -0.3 is 9.88 Å². The number of carbonyl (C=O) groups is 1. The van der Waals surface area contributed by atoms with Crippen molar-refractivity contribution >= 4 is 16.9 Å². The quantitative estimate of drug-likeness (QED) is 0.788. The molecule has 2 aromatic heterocycles. The molecule has 0 saturated carbocycles. The number of imidazole rings is 1. The van der Waals surface area contributed by atoms with Crippen LogP contribution in [0, 0.1) is 0 Å². The van der Waals surface area contributed by atoms with Crippen LogP contribution in [0.5, 0.6) is 0 Å². The number of nitrogens with zero attached hydrogens (tertiary/aromatic N) is 4. The van der Waals surface area contributed by atoms with Gasteiger partial charge in [0.25, 0.3) is 5.91 Å². The molecule has 0 fully saturated rings. The average Bonchev–Trinajstić information content (AvgIpc) is 3.04. The lowest BCUT2D eigenvalue weighted by Gasteiger charge is -2.24. The van der Waals surface area contributed by atoms with Crippen LogP contribution in [-0.4, -0.2) is 37.8 Å². The third-order valence-electron chi connectivity index (χ3n) is 3.93. The number of H-pyrrole nitrogens is 1. The summed E-state index contributed by atoms with van der Waals surface area (Å²) in [4.78, 5) is 27.7. The Labute approximate surface area is 140 Å². The first-order valence-electron chi connectivity index (χ1n) is 7.37. The summed E-state index contributed by atoms with van der Waals surface area (Å²) in [7, 11) is 1.60. The van der Waals surface area contributed by atoms with Crippen LogP contribution >= 0.6 is 0 Å². The molecule has 130 valence electrons. The number of halogens is 3. The summed E-state index contributed by atoms with van der Waals surface area (Å²) >= 11 is 0. The number of carbonyl (C=O) groups excluding carboxylic acids is 1. The van der Waals surface area contributed by atoms with Crippen molar-refractivity contribution in [1.29, 1.82) is 0 Å². The van der Waals surface area contributed by atoms with Crippen LogP contribution in [0.4, 0.5) is 13.2 Å². The predicted molar refractivity (Wildman–Crippen MR) is 83.6 cm³/mol. The molecule has 1 amide bonds. The highest BCUT2D eigenvalue weighted by Crippen LogP contribution is 2.29. The van der Waals surface area contributed by atoms with Crippen LogP contribution in [-0.2, 0) is 6.18 Å². The van der Waals surface area contributed by atoms with Crippen LogP contribution in [0.25, 0.3) is 11.0 Å². The van der Waals surface area contributed by atoms with Crippen molar-refractivity contribution < 1.29 is 18.0 Å². The van der Waals surface area contributed by atoms with Gasteiger partial charge >= 0.3 is 6.18 Å². The fourth-order valence-electron chi connectivity index (χ4n) is 2.40. The summed E-state index contributed by atoms with van der Waals surface area (Å²) in [6, 6.07) is 5.58. The summed E-state index contributed by atoms with van der Waals surface area (Å²) in [5.74, 6) is -1.43. The number of aromatic nitrogens is 4. The number of aromatic amines is 1. The molecular weight excluding hydrogens is 335 g/mol. The minimum atomic E-state index is -4.57. The molecule has 2 heterocycles. The topological polar surface area (TPSA) is 74.8 Å². The zero-order chi connectivity index (χ0) is 18.2. The van der Waals surface area contributed by atoms with E-state index < -0.39 is 12.0 Å². The molecule has 0 bridgehead atoms. The highest BCUT2D eigenvalue weighted by Gasteiger charge is 2.34. The number of alkyl halides is 3. The normalized spacial score (nSPS) is 13.0. The van der Waals surface area contributed by atoms with Crippen molar-refractivity contribution in [3.63, 3.8) is 0 Å². The third kappa shape index (κ3) is 3.30. The summed E-state index contributed by atoms with van der Waals surface area (Å²) in [5, 5.41) is 0. The van der Waals surface area contributed by atoms with Gasteiger partial charge in [0.1, 0.15) is 6.33 Å². The Morgan fingerprint density at radius 2 is 2.04 bits per heavy atom. The van der Waals surface area contributed by atoms with Gasteiger partial charge in [-0.1, -0.05) is 0 Å². The minimum Gasteiger partial charge on any atom is -0.334 e. The largest absolute Gasteiger partial charge is 0.449 e. The van der Waals surface area contributed by atoms with Crippen molar-refractivity contribution in [3.05, 3.63) is 53.9 Å². The molecule has 0 radical (unpaired) electrons. The first-order chi connectivity index (χ1) is 11.8. The van der Waals surface area contributed by atoms with Crippen molar-refractivity contribution in [2.24, 2.45) is 0 Å². The van der Waals surface area contributed by atoms with Gasteiger partial charge in [-0.2, -0.15) is 13.2 Å². The molecule has 9 heteroatoms. The predicted octanol–water partition coefficient (Wildman–Crippen LogP) is 3.20. The van der Waals surface area contributed by atoms with Gasteiger partial charge in [-0.15, -0.1) is 0 Å². The first kappa shape index (κ1) is 16.9. The van der Waals surface area contributed by atoms with Crippen molar-refractivity contribution in [2.45, 2.75) is 19.1 Å². The van der Waals surface area contributed by atoms with E-state index in [0.29, 0.717) is 5.69 Å². The number of rotatable bonds is 3. The average molecular weight is 349 g/mol. The third-order valence-corrected chi connectivity index (χ3v) is 3.93. The molecular formula is C16H14F3N5O. The van der Waals surface area contributed by atoms with Gasteiger partial charge in [0.2, 0.25) is 5.82 Å². The van der Waals surface area contributed by atoms with Gasteiger partial charge in [-0.3, -0.25) is 4.79 Å². The summed E-state index contributed by atoms with van der Waals surface area (Å²) < 4.78 is 38.2. The van der Waals surface area contributed by atoms with Gasteiger partial charge in [0, 0.05) is 18.8 Å². The Bertz CT molecular complexity index is 907. The summed E-state index contributed by atoms with van der Waals surface area (Å²) in [6.07, 6.45) is -1.60. The Hall–Kier alpha value is -2.97. The molecule has 1 aromatic carbocycles. The lowest BCUT2D eigenvalue weighted by molar-refractivity contribution is -0.144. The van der Waals surface area contributed by atoms with E-state index in [9.17, 15) is 18.0 Å². The van der Waals surface area contributed by atoms with Gasteiger partial charge in [0.15, 0.2) is 0 Å². The van der Waals surface area contributed by atoms with Crippen molar-refractivity contribution in [2.75, 3.05) is 7.05 Å². The van der Waals surface area contributed by atoms with Gasteiger partial charge in [-0.05, 0) is 31.2 Å². The van der Waals surface area contributed by atoms with Crippen LogP contribution in [0.1, 0.15) is 34.8 Å². The van der Waals surface area contributed by atoms with E-state index in [1.807, 2.05) is 0 Å². The minimum absolute atomic E-state index is 0.148. The molecule has 3 aromatic rings. The zero-order valence-corrected chi connectivity index (χ0v) is 13.4. The molecule has 1 N–H and O–H groups in total. The number of hydrogen-bond donors (Lipinski definition) is 1. The van der Waals surface area contributed by atoms with Crippen molar-refractivity contribution in [1.82, 2.24) is 24.8 Å². The summed E-state index contributed by atoms with van der Waals surface area (Å²) in [6.45, 7) is 1.80. The van der Waals surface area contributed by atoms with E-state index >= 15 is 0 Å². The first-order valence-corrected chi connectivity index (χ1v) is 7.37. The maximum absolute atomic E-state index is 12.7. The number of amides is 1. The molecule has 0 saturated heterocycles. The Balaban J connectivity index is 1.89. The Kier molecular flexibility index (Phi) is 4.15. The molecule has 0 aliphatic rings. The molecule has 0 unspecified atom stereocenters. The summed E-state index contributed by atoms with van der Waals surface area (Å²) in [5.41, 5.74) is 1.22. The number of nitrogens with one attached hydrogen (secondary N) is 1. The second kappa shape index (κ2) is 6.15.